The number of benzene rings is 2. The average Bonchev–Trinajstić information content (AvgIpc) is 3.11. The maximum absolute atomic E-state index is 6.04. The van der Waals surface area contributed by atoms with Crippen LogP contribution in [0.4, 0.5) is 0 Å². The van der Waals surface area contributed by atoms with Crippen LogP contribution in [-0.2, 0) is 13.2 Å². The number of nitrogens with zero attached hydrogens (tertiary/aromatic N) is 3. The molecule has 1 atom stereocenters. The normalized spacial score (nSPS) is 17.1. The van der Waals surface area contributed by atoms with Gasteiger partial charge in [0.05, 0.1) is 18.4 Å². The number of halogens is 1. The molecule has 1 unspecified atom stereocenters. The highest BCUT2D eigenvalue weighted by Gasteiger charge is 2.26. The van der Waals surface area contributed by atoms with Crippen molar-refractivity contribution in [3.8, 4) is 11.5 Å². The van der Waals surface area contributed by atoms with Crippen LogP contribution >= 0.6 is 17.0 Å². The summed E-state index contributed by atoms with van der Waals surface area (Å²) in [4.78, 5) is 4.95. The summed E-state index contributed by atoms with van der Waals surface area (Å²) in [6.07, 6.45) is 0. The van der Waals surface area contributed by atoms with Crippen molar-refractivity contribution < 1.29 is 14.0 Å². The predicted molar refractivity (Wildman–Crippen MR) is 131 cm³/mol. The van der Waals surface area contributed by atoms with Crippen LogP contribution in [0.25, 0.3) is 0 Å². The molecule has 2 heterocycles. The van der Waals surface area contributed by atoms with Gasteiger partial charge in [-0.05, 0) is 44.2 Å². The lowest BCUT2D eigenvalue weighted by molar-refractivity contribution is 0.0833. The minimum absolute atomic E-state index is 0. The molecule has 6 nitrogen and oxygen atoms in total. The molecule has 1 aromatic heterocycles. The fraction of sp³-hybridized carbons (Fsp3) is 0.400. The predicted octanol–water partition coefficient (Wildman–Crippen LogP) is 4.95. The highest BCUT2D eigenvalue weighted by atomic mass is 79.9. The van der Waals surface area contributed by atoms with Gasteiger partial charge in [0.2, 0.25) is 0 Å². The molecule has 0 saturated carbocycles. The van der Waals surface area contributed by atoms with Crippen molar-refractivity contribution in [2.24, 2.45) is 0 Å². The molecule has 1 aliphatic heterocycles. The van der Waals surface area contributed by atoms with E-state index in [2.05, 4.69) is 64.5 Å². The fourth-order valence-corrected chi connectivity index (χ4v) is 4.16. The van der Waals surface area contributed by atoms with Gasteiger partial charge in [-0.3, -0.25) is 4.90 Å². The van der Waals surface area contributed by atoms with Crippen molar-refractivity contribution in [3.63, 3.8) is 0 Å². The molecule has 172 valence electrons. The highest BCUT2D eigenvalue weighted by Crippen LogP contribution is 2.32. The Labute approximate surface area is 200 Å². The number of aromatic nitrogens is 1. The van der Waals surface area contributed by atoms with Crippen LogP contribution in [0.1, 0.15) is 34.2 Å². The Balaban J connectivity index is 0.00000289. The van der Waals surface area contributed by atoms with E-state index in [0.717, 1.165) is 54.7 Å². The Bertz CT molecular complexity index is 989. The summed E-state index contributed by atoms with van der Waals surface area (Å²) in [6, 6.07) is 17.4. The molecule has 4 rings (SSSR count). The zero-order chi connectivity index (χ0) is 21.8. The van der Waals surface area contributed by atoms with Crippen LogP contribution in [0.3, 0.4) is 0 Å². The Morgan fingerprint density at radius 2 is 1.84 bits per heavy atom. The minimum atomic E-state index is 0. The summed E-state index contributed by atoms with van der Waals surface area (Å²) in [5, 5.41) is 3.99. The topological polar surface area (TPSA) is 51.0 Å². The van der Waals surface area contributed by atoms with Gasteiger partial charge in [-0.25, -0.2) is 0 Å². The minimum Gasteiger partial charge on any atom is -0.493 e. The van der Waals surface area contributed by atoms with Gasteiger partial charge in [-0.2, -0.15) is 0 Å². The standard InChI is InChI=1S/C25H31N3O3.BrH/c1-18-22(19(2)31-26-18)17-30-24-11-10-20(14-25(24)29-4)15-28-13-12-27(3)16-23(28)21-8-6-5-7-9-21;/h5-11,14,23H,12-13,15-17H2,1-4H3;1H. The van der Waals surface area contributed by atoms with Crippen molar-refractivity contribution in [2.45, 2.75) is 33.0 Å². The SMILES string of the molecule is Br.COc1cc(CN2CCN(C)CC2c2ccccc2)ccc1OCc1c(C)noc1C. The first-order valence-corrected chi connectivity index (χ1v) is 10.7. The van der Waals surface area contributed by atoms with Crippen molar-refractivity contribution in [1.29, 1.82) is 0 Å². The largest absolute Gasteiger partial charge is 0.493 e. The van der Waals surface area contributed by atoms with E-state index in [1.807, 2.05) is 19.9 Å². The number of ether oxygens (including phenoxy) is 2. The van der Waals surface area contributed by atoms with Crippen LogP contribution < -0.4 is 9.47 Å². The van der Waals surface area contributed by atoms with Gasteiger partial charge in [-0.15, -0.1) is 17.0 Å². The molecule has 32 heavy (non-hydrogen) atoms. The second kappa shape index (κ2) is 11.0. The maximum Gasteiger partial charge on any atom is 0.161 e. The van der Waals surface area contributed by atoms with Crippen LogP contribution in [0.5, 0.6) is 11.5 Å². The number of hydrogen-bond donors (Lipinski definition) is 0. The molecule has 0 spiro atoms. The van der Waals surface area contributed by atoms with Crippen molar-refractivity contribution >= 4 is 17.0 Å². The van der Waals surface area contributed by atoms with Gasteiger partial charge in [-0.1, -0.05) is 41.6 Å². The lowest BCUT2D eigenvalue weighted by Crippen LogP contribution is -2.46. The Kier molecular flexibility index (Phi) is 8.34. The fourth-order valence-electron chi connectivity index (χ4n) is 4.16. The molecule has 0 amide bonds. The van der Waals surface area contributed by atoms with Crippen molar-refractivity contribution in [2.75, 3.05) is 33.8 Å². The third kappa shape index (κ3) is 5.52. The van der Waals surface area contributed by atoms with E-state index in [9.17, 15) is 0 Å². The maximum atomic E-state index is 6.04. The van der Waals surface area contributed by atoms with E-state index in [4.69, 9.17) is 14.0 Å². The summed E-state index contributed by atoms with van der Waals surface area (Å²) in [7, 11) is 3.88. The Morgan fingerprint density at radius 1 is 1.06 bits per heavy atom. The third-order valence-electron chi connectivity index (χ3n) is 6.05. The van der Waals surface area contributed by atoms with E-state index in [1.54, 1.807) is 7.11 Å². The number of aryl methyl sites for hydroxylation is 2. The van der Waals surface area contributed by atoms with E-state index in [-0.39, 0.29) is 17.0 Å². The molecule has 0 radical (unpaired) electrons. The summed E-state index contributed by atoms with van der Waals surface area (Å²) in [6.45, 7) is 8.23. The van der Waals surface area contributed by atoms with Gasteiger partial charge in [0.15, 0.2) is 11.5 Å². The van der Waals surface area contributed by atoms with Crippen LogP contribution in [0.15, 0.2) is 53.1 Å². The second-order valence-electron chi connectivity index (χ2n) is 8.24. The second-order valence-corrected chi connectivity index (χ2v) is 8.24. The number of piperazine rings is 1. The van der Waals surface area contributed by atoms with Crippen LogP contribution in [-0.4, -0.2) is 48.7 Å². The molecule has 0 aliphatic carbocycles. The number of methoxy groups -OCH3 is 1. The average molecular weight is 502 g/mol. The lowest BCUT2D eigenvalue weighted by atomic mass is 10.0. The summed E-state index contributed by atoms with van der Waals surface area (Å²) in [5.41, 5.74) is 4.41. The molecule has 7 heteroatoms. The van der Waals surface area contributed by atoms with E-state index < -0.39 is 0 Å². The molecule has 0 bridgehead atoms. The first-order chi connectivity index (χ1) is 15.0. The van der Waals surface area contributed by atoms with Crippen LogP contribution in [0.2, 0.25) is 0 Å². The molecule has 2 aromatic carbocycles. The monoisotopic (exact) mass is 501 g/mol. The molecule has 1 aliphatic rings. The van der Waals surface area contributed by atoms with Gasteiger partial charge in [0, 0.05) is 32.2 Å². The van der Waals surface area contributed by atoms with Crippen LogP contribution in [0, 0.1) is 13.8 Å². The quantitative estimate of drug-likeness (QED) is 0.456. The summed E-state index contributed by atoms with van der Waals surface area (Å²) in [5.74, 6) is 2.26. The van der Waals surface area contributed by atoms with Gasteiger partial charge < -0.3 is 18.9 Å². The smallest absolute Gasteiger partial charge is 0.161 e. The summed E-state index contributed by atoms with van der Waals surface area (Å²) < 4.78 is 16.9. The van der Waals surface area contributed by atoms with Gasteiger partial charge >= 0.3 is 0 Å². The Morgan fingerprint density at radius 3 is 2.53 bits per heavy atom. The highest BCUT2D eigenvalue weighted by molar-refractivity contribution is 8.93. The number of hydrogen-bond acceptors (Lipinski definition) is 6. The zero-order valence-corrected chi connectivity index (χ0v) is 20.9. The molecular weight excluding hydrogens is 470 g/mol. The first kappa shape index (κ1) is 24.3. The summed E-state index contributed by atoms with van der Waals surface area (Å²) >= 11 is 0. The Hall–Kier alpha value is -2.35. The van der Waals surface area contributed by atoms with E-state index >= 15 is 0 Å². The van der Waals surface area contributed by atoms with Crippen molar-refractivity contribution in [1.82, 2.24) is 15.0 Å². The van der Waals surface area contributed by atoms with Gasteiger partial charge in [0.1, 0.15) is 12.4 Å². The third-order valence-corrected chi connectivity index (χ3v) is 6.05. The number of rotatable bonds is 7. The molecular formula is C25H32BrN3O3. The van der Waals surface area contributed by atoms with E-state index in [0.29, 0.717) is 12.6 Å². The van der Waals surface area contributed by atoms with Crippen molar-refractivity contribution in [3.05, 3.63) is 76.7 Å². The van der Waals surface area contributed by atoms with E-state index in [1.165, 1.54) is 11.1 Å². The number of likely N-dealkylation sites (N-methyl/N-ethyl adjacent to an activating group) is 1. The molecule has 3 aromatic rings. The zero-order valence-electron chi connectivity index (χ0n) is 19.2. The molecule has 1 fully saturated rings. The molecule has 0 N–H and O–H groups in total. The molecule has 1 saturated heterocycles. The lowest BCUT2D eigenvalue weighted by Gasteiger charge is -2.40. The van der Waals surface area contributed by atoms with Gasteiger partial charge in [0.25, 0.3) is 0 Å². The first-order valence-electron chi connectivity index (χ1n) is 10.7.